The molecule has 2 heterocycles. The Labute approximate surface area is 137 Å². The molecule has 5 nitrogen and oxygen atoms in total. The van der Waals surface area contributed by atoms with Crippen LogP contribution in [0, 0.1) is 0 Å². The first-order chi connectivity index (χ1) is 10.7. The molecule has 0 unspecified atom stereocenters. The van der Waals surface area contributed by atoms with Gasteiger partial charge in [-0.3, -0.25) is 0 Å². The van der Waals surface area contributed by atoms with Crippen LogP contribution in [-0.2, 0) is 10.6 Å². The van der Waals surface area contributed by atoms with E-state index in [1.54, 1.807) is 19.1 Å². The van der Waals surface area contributed by atoms with E-state index in [1.807, 2.05) is 0 Å². The number of esters is 1. The maximum absolute atomic E-state index is 12.1. The molecule has 0 saturated carbocycles. The lowest BCUT2D eigenvalue weighted by Gasteiger charge is -2.20. The number of benzene rings is 1. The van der Waals surface area contributed by atoms with Gasteiger partial charge in [-0.2, -0.15) is 0 Å². The molecule has 3 rings (SSSR count). The summed E-state index contributed by atoms with van der Waals surface area (Å²) < 4.78 is 16.1. The molecular weight excluding hydrogens is 329 g/mol. The molecule has 1 aliphatic heterocycles. The lowest BCUT2D eigenvalue weighted by Crippen LogP contribution is -2.16. The SMILES string of the molecule is CCOC(=O)c1c(Cl)nc2cc3c(cc2c1CCl)OCCO3. The zero-order valence-electron chi connectivity index (χ0n) is 11.8. The molecule has 0 saturated heterocycles. The molecule has 0 radical (unpaired) electrons. The van der Waals surface area contributed by atoms with Gasteiger partial charge in [0.25, 0.3) is 0 Å². The second kappa shape index (κ2) is 6.18. The maximum Gasteiger partial charge on any atom is 0.341 e. The first-order valence-corrected chi connectivity index (χ1v) is 7.71. The van der Waals surface area contributed by atoms with Crippen LogP contribution in [0.25, 0.3) is 10.9 Å². The van der Waals surface area contributed by atoms with Crippen LogP contribution in [0.3, 0.4) is 0 Å². The summed E-state index contributed by atoms with van der Waals surface area (Å²) in [7, 11) is 0. The molecule has 1 aliphatic rings. The van der Waals surface area contributed by atoms with Crippen molar-refractivity contribution in [2.75, 3.05) is 19.8 Å². The lowest BCUT2D eigenvalue weighted by atomic mass is 10.0. The molecule has 2 aromatic rings. The summed E-state index contributed by atoms with van der Waals surface area (Å²) in [6.45, 7) is 2.92. The zero-order valence-corrected chi connectivity index (χ0v) is 13.3. The average molecular weight is 342 g/mol. The summed E-state index contributed by atoms with van der Waals surface area (Å²) in [5, 5.41) is 0.769. The van der Waals surface area contributed by atoms with Crippen molar-refractivity contribution >= 4 is 40.1 Å². The van der Waals surface area contributed by atoms with Crippen molar-refractivity contribution in [3.63, 3.8) is 0 Å². The van der Waals surface area contributed by atoms with Crippen molar-refractivity contribution in [2.45, 2.75) is 12.8 Å². The fourth-order valence-corrected chi connectivity index (χ4v) is 2.94. The summed E-state index contributed by atoms with van der Waals surface area (Å²) in [5.41, 5.74) is 1.37. The first-order valence-electron chi connectivity index (χ1n) is 6.80. The Balaban J connectivity index is 2.25. The van der Waals surface area contributed by atoms with Crippen LogP contribution in [-0.4, -0.2) is 30.8 Å². The summed E-state index contributed by atoms with van der Waals surface area (Å²) in [6.07, 6.45) is 0. The molecule has 0 aliphatic carbocycles. The molecule has 0 N–H and O–H groups in total. The molecule has 0 fully saturated rings. The molecule has 7 heteroatoms. The van der Waals surface area contributed by atoms with Crippen molar-refractivity contribution in [3.05, 3.63) is 28.4 Å². The number of carbonyl (C=O) groups is 1. The van der Waals surface area contributed by atoms with Gasteiger partial charge in [-0.05, 0) is 18.6 Å². The minimum absolute atomic E-state index is 0.0678. The van der Waals surface area contributed by atoms with Gasteiger partial charge in [0.2, 0.25) is 0 Å². The number of pyridine rings is 1. The number of hydrogen-bond acceptors (Lipinski definition) is 5. The minimum atomic E-state index is -0.535. The van der Waals surface area contributed by atoms with E-state index in [0.29, 0.717) is 41.2 Å². The predicted molar refractivity (Wildman–Crippen MR) is 83.3 cm³/mol. The molecular formula is C15H13Cl2NO4. The van der Waals surface area contributed by atoms with Gasteiger partial charge in [0, 0.05) is 17.3 Å². The van der Waals surface area contributed by atoms with E-state index >= 15 is 0 Å². The van der Waals surface area contributed by atoms with Gasteiger partial charge in [-0.15, -0.1) is 11.6 Å². The molecule has 22 heavy (non-hydrogen) atoms. The van der Waals surface area contributed by atoms with E-state index in [4.69, 9.17) is 37.4 Å². The summed E-state index contributed by atoms with van der Waals surface area (Å²) in [6, 6.07) is 3.51. The van der Waals surface area contributed by atoms with Crippen molar-refractivity contribution in [3.8, 4) is 11.5 Å². The second-order valence-corrected chi connectivity index (χ2v) is 5.25. The van der Waals surface area contributed by atoms with Crippen LogP contribution >= 0.6 is 23.2 Å². The Kier molecular flexibility index (Phi) is 4.27. The molecule has 1 aromatic heterocycles. The van der Waals surface area contributed by atoms with Crippen molar-refractivity contribution in [1.82, 2.24) is 4.98 Å². The number of carbonyl (C=O) groups excluding carboxylic acids is 1. The minimum Gasteiger partial charge on any atom is -0.486 e. The fourth-order valence-electron chi connectivity index (χ4n) is 2.38. The third-order valence-corrected chi connectivity index (χ3v) is 3.87. The largest absolute Gasteiger partial charge is 0.486 e. The topological polar surface area (TPSA) is 57.7 Å². The third-order valence-electron chi connectivity index (χ3n) is 3.33. The zero-order chi connectivity index (χ0) is 15.7. The summed E-state index contributed by atoms with van der Waals surface area (Å²) in [5.74, 6) is 0.773. The van der Waals surface area contributed by atoms with E-state index in [0.717, 1.165) is 0 Å². The van der Waals surface area contributed by atoms with E-state index in [2.05, 4.69) is 4.98 Å². The molecule has 116 valence electrons. The highest BCUT2D eigenvalue weighted by Gasteiger charge is 2.23. The smallest absolute Gasteiger partial charge is 0.341 e. The van der Waals surface area contributed by atoms with E-state index in [9.17, 15) is 4.79 Å². The van der Waals surface area contributed by atoms with Gasteiger partial charge in [-0.25, -0.2) is 9.78 Å². The number of aromatic nitrogens is 1. The van der Waals surface area contributed by atoms with Crippen LogP contribution < -0.4 is 9.47 Å². The standard InChI is InChI=1S/C15H13Cl2NO4/c1-2-20-15(19)13-9(7-16)8-5-11-12(22-4-3-21-11)6-10(8)18-14(13)17/h5-6H,2-4,7H2,1H3. The van der Waals surface area contributed by atoms with Crippen LogP contribution in [0.1, 0.15) is 22.8 Å². The van der Waals surface area contributed by atoms with Crippen molar-refractivity contribution in [1.29, 1.82) is 0 Å². The van der Waals surface area contributed by atoms with Gasteiger partial charge in [0.1, 0.15) is 23.9 Å². The summed E-state index contributed by atoms with van der Waals surface area (Å²) in [4.78, 5) is 16.4. The van der Waals surface area contributed by atoms with Gasteiger partial charge < -0.3 is 14.2 Å². The number of ether oxygens (including phenoxy) is 3. The Bertz CT molecular complexity index is 748. The number of halogens is 2. The van der Waals surface area contributed by atoms with Gasteiger partial charge >= 0.3 is 5.97 Å². The van der Waals surface area contributed by atoms with Crippen LogP contribution in [0.15, 0.2) is 12.1 Å². The van der Waals surface area contributed by atoms with Crippen LogP contribution in [0.4, 0.5) is 0 Å². The van der Waals surface area contributed by atoms with E-state index in [1.165, 1.54) is 0 Å². The molecule has 0 amide bonds. The highest BCUT2D eigenvalue weighted by atomic mass is 35.5. The van der Waals surface area contributed by atoms with Crippen LogP contribution in [0.2, 0.25) is 5.15 Å². The third kappa shape index (κ3) is 2.55. The van der Waals surface area contributed by atoms with E-state index in [-0.39, 0.29) is 23.2 Å². The number of hydrogen-bond donors (Lipinski definition) is 0. The molecule has 0 spiro atoms. The molecule has 0 bridgehead atoms. The predicted octanol–water partition coefficient (Wildman–Crippen LogP) is 3.57. The number of alkyl halides is 1. The molecule has 1 aromatic carbocycles. The Morgan fingerprint density at radius 2 is 2.00 bits per heavy atom. The van der Waals surface area contributed by atoms with Crippen molar-refractivity contribution in [2.24, 2.45) is 0 Å². The van der Waals surface area contributed by atoms with Gasteiger partial charge in [-0.1, -0.05) is 11.6 Å². The van der Waals surface area contributed by atoms with Crippen LogP contribution in [0.5, 0.6) is 11.5 Å². The summed E-state index contributed by atoms with van der Waals surface area (Å²) >= 11 is 12.2. The highest BCUT2D eigenvalue weighted by molar-refractivity contribution is 6.33. The number of nitrogens with zero attached hydrogens (tertiary/aromatic N) is 1. The first kappa shape index (κ1) is 15.2. The van der Waals surface area contributed by atoms with E-state index < -0.39 is 5.97 Å². The number of fused-ring (bicyclic) bond motifs is 2. The highest BCUT2D eigenvalue weighted by Crippen LogP contribution is 2.38. The maximum atomic E-state index is 12.1. The van der Waals surface area contributed by atoms with Crippen molar-refractivity contribution < 1.29 is 19.0 Å². The number of rotatable bonds is 3. The second-order valence-electron chi connectivity index (χ2n) is 4.62. The fraction of sp³-hybridized carbons (Fsp3) is 0.333. The quantitative estimate of drug-likeness (QED) is 0.485. The van der Waals surface area contributed by atoms with Gasteiger partial charge in [0.05, 0.1) is 12.1 Å². The Morgan fingerprint density at radius 1 is 1.32 bits per heavy atom. The Morgan fingerprint density at radius 3 is 2.64 bits per heavy atom. The normalized spacial score (nSPS) is 13.2. The van der Waals surface area contributed by atoms with Gasteiger partial charge in [0.15, 0.2) is 11.5 Å². The lowest BCUT2D eigenvalue weighted by molar-refractivity contribution is 0.0525. The average Bonchev–Trinajstić information content (AvgIpc) is 2.51. The molecule has 0 atom stereocenters. The Hall–Kier alpha value is -1.72. The monoisotopic (exact) mass is 341 g/mol.